The van der Waals surface area contributed by atoms with E-state index in [2.05, 4.69) is 0 Å². The van der Waals surface area contributed by atoms with Crippen LogP contribution in [-0.2, 0) is 4.84 Å². The molecular weight excluding hydrogens is 238 g/mol. The first kappa shape index (κ1) is 10.7. The number of thiophene rings is 1. The lowest BCUT2D eigenvalue weighted by Crippen LogP contribution is -2.27. The molecule has 3 rings (SSSR count). The maximum absolute atomic E-state index is 12.1. The van der Waals surface area contributed by atoms with Crippen LogP contribution in [0, 0.1) is 0 Å². The lowest BCUT2D eigenvalue weighted by atomic mass is 10.2. The van der Waals surface area contributed by atoms with Crippen LogP contribution in [0.1, 0.15) is 9.67 Å². The van der Waals surface area contributed by atoms with Gasteiger partial charge in [-0.2, -0.15) is 0 Å². The van der Waals surface area contributed by atoms with E-state index in [1.807, 2.05) is 30.3 Å². The van der Waals surface area contributed by atoms with Crippen LogP contribution in [0.4, 0.5) is 0 Å². The summed E-state index contributed by atoms with van der Waals surface area (Å²) in [5.41, 5.74) is 0. The number of rotatable bonds is 1. The monoisotopic (exact) mass is 249 g/mol. The molecule has 1 atom stereocenters. The predicted molar refractivity (Wildman–Crippen MR) is 64.8 cm³/mol. The molecule has 2 heterocycles. The minimum Gasteiger partial charge on any atom is -0.389 e. The van der Waals surface area contributed by atoms with Gasteiger partial charge in [-0.1, -0.05) is 18.2 Å². The van der Waals surface area contributed by atoms with Crippen molar-refractivity contribution in [1.29, 1.82) is 0 Å². The Morgan fingerprint density at radius 1 is 1.47 bits per heavy atom. The molecule has 17 heavy (non-hydrogen) atoms. The molecule has 1 aliphatic rings. The maximum Gasteiger partial charge on any atom is 0.287 e. The summed E-state index contributed by atoms with van der Waals surface area (Å²) in [6.07, 6.45) is -0.576. The van der Waals surface area contributed by atoms with Gasteiger partial charge in [0, 0.05) is 4.70 Å². The normalized spacial score (nSPS) is 20.1. The summed E-state index contributed by atoms with van der Waals surface area (Å²) >= 11 is 1.44. The molecule has 0 aliphatic carbocycles. The van der Waals surface area contributed by atoms with Crippen LogP contribution < -0.4 is 0 Å². The average Bonchev–Trinajstić information content (AvgIpc) is 2.93. The first-order valence-electron chi connectivity index (χ1n) is 5.35. The largest absolute Gasteiger partial charge is 0.389 e. The molecule has 2 aromatic rings. The van der Waals surface area contributed by atoms with E-state index in [0.29, 0.717) is 4.88 Å². The molecular formula is C12H11NO3S. The summed E-state index contributed by atoms with van der Waals surface area (Å²) in [5.74, 6) is -0.178. The van der Waals surface area contributed by atoms with Crippen LogP contribution in [-0.4, -0.2) is 35.3 Å². The molecule has 1 N–H and O–H groups in total. The fraction of sp³-hybridized carbons (Fsp3) is 0.250. The van der Waals surface area contributed by atoms with Gasteiger partial charge in [0.25, 0.3) is 5.91 Å². The van der Waals surface area contributed by atoms with Gasteiger partial charge in [-0.05, 0) is 17.5 Å². The smallest absolute Gasteiger partial charge is 0.287 e. The van der Waals surface area contributed by atoms with Crippen molar-refractivity contribution in [3.05, 3.63) is 35.2 Å². The summed E-state index contributed by atoms with van der Waals surface area (Å²) in [5, 5.41) is 11.6. The maximum atomic E-state index is 12.1. The molecule has 0 spiro atoms. The molecule has 5 heteroatoms. The Hall–Kier alpha value is -1.43. The third-order valence-electron chi connectivity index (χ3n) is 2.66. The fourth-order valence-electron chi connectivity index (χ4n) is 1.82. The molecule has 4 nitrogen and oxygen atoms in total. The molecule has 1 aromatic heterocycles. The number of aliphatic hydroxyl groups is 1. The highest BCUT2D eigenvalue weighted by molar-refractivity contribution is 7.20. The van der Waals surface area contributed by atoms with E-state index in [4.69, 9.17) is 4.84 Å². The minimum atomic E-state index is -0.576. The summed E-state index contributed by atoms with van der Waals surface area (Å²) in [4.78, 5) is 17.8. The van der Waals surface area contributed by atoms with Gasteiger partial charge in [0.1, 0.15) is 12.7 Å². The van der Waals surface area contributed by atoms with Crippen LogP contribution in [0.3, 0.4) is 0 Å². The quantitative estimate of drug-likeness (QED) is 0.836. The molecule has 1 saturated heterocycles. The number of amides is 1. The zero-order valence-corrected chi connectivity index (χ0v) is 9.81. The number of aliphatic hydroxyl groups excluding tert-OH is 1. The van der Waals surface area contributed by atoms with Crippen molar-refractivity contribution in [3.8, 4) is 0 Å². The van der Waals surface area contributed by atoms with Gasteiger partial charge in [0.05, 0.1) is 11.4 Å². The number of nitrogens with zero attached hydrogens (tertiary/aromatic N) is 1. The van der Waals surface area contributed by atoms with Gasteiger partial charge in [0.15, 0.2) is 0 Å². The van der Waals surface area contributed by atoms with Crippen LogP contribution in [0.2, 0.25) is 0 Å². The van der Waals surface area contributed by atoms with Crippen molar-refractivity contribution in [2.75, 3.05) is 13.2 Å². The number of carbonyl (C=O) groups is 1. The van der Waals surface area contributed by atoms with Crippen molar-refractivity contribution in [3.63, 3.8) is 0 Å². The molecule has 1 amide bonds. The van der Waals surface area contributed by atoms with Gasteiger partial charge >= 0.3 is 0 Å². The van der Waals surface area contributed by atoms with E-state index in [-0.39, 0.29) is 19.1 Å². The molecule has 1 aromatic carbocycles. The van der Waals surface area contributed by atoms with Gasteiger partial charge in [-0.25, -0.2) is 5.06 Å². The molecule has 0 saturated carbocycles. The van der Waals surface area contributed by atoms with Gasteiger partial charge < -0.3 is 5.11 Å². The number of hydroxylamine groups is 2. The number of β-amino-alcohol motifs (C(OH)–C–C–N with tert-alkyl or cyclic N) is 1. The zero-order chi connectivity index (χ0) is 11.8. The van der Waals surface area contributed by atoms with Crippen LogP contribution in [0.5, 0.6) is 0 Å². The van der Waals surface area contributed by atoms with Gasteiger partial charge in [-0.3, -0.25) is 9.63 Å². The zero-order valence-electron chi connectivity index (χ0n) is 9.00. The Labute approximate surface area is 102 Å². The average molecular weight is 249 g/mol. The molecule has 0 radical (unpaired) electrons. The minimum absolute atomic E-state index is 0.178. The van der Waals surface area contributed by atoms with E-state index in [9.17, 15) is 9.90 Å². The lowest BCUT2D eigenvalue weighted by Gasteiger charge is -2.11. The van der Waals surface area contributed by atoms with Crippen molar-refractivity contribution >= 4 is 27.3 Å². The predicted octanol–water partition coefficient (Wildman–Crippen LogP) is 1.65. The van der Waals surface area contributed by atoms with Crippen molar-refractivity contribution in [2.45, 2.75) is 6.10 Å². The second-order valence-corrected chi connectivity index (χ2v) is 5.05. The Bertz CT molecular complexity index is 533. The highest BCUT2D eigenvalue weighted by Crippen LogP contribution is 2.27. The van der Waals surface area contributed by atoms with E-state index >= 15 is 0 Å². The SMILES string of the molecule is O=C(c1cc2ccccc2s1)N1C[C@@H](O)CO1. The summed E-state index contributed by atoms with van der Waals surface area (Å²) in [6, 6.07) is 9.71. The second-order valence-electron chi connectivity index (χ2n) is 3.96. The molecule has 1 aliphatic heterocycles. The molecule has 1 fully saturated rings. The number of hydrogen-bond acceptors (Lipinski definition) is 4. The standard InChI is InChI=1S/C12H11NO3S/c14-9-6-13(16-7-9)12(15)11-5-8-3-1-2-4-10(8)17-11/h1-5,9,14H,6-7H2/t9-/m1/s1. The molecule has 88 valence electrons. The fourth-order valence-corrected chi connectivity index (χ4v) is 2.83. The van der Waals surface area contributed by atoms with Crippen LogP contribution >= 0.6 is 11.3 Å². The molecule has 0 bridgehead atoms. The van der Waals surface area contributed by atoms with Crippen molar-refractivity contribution < 1.29 is 14.7 Å². The van der Waals surface area contributed by atoms with Crippen LogP contribution in [0.15, 0.2) is 30.3 Å². The summed E-state index contributed by atoms with van der Waals surface area (Å²) in [7, 11) is 0. The first-order chi connectivity index (χ1) is 8.24. The topological polar surface area (TPSA) is 49.8 Å². The van der Waals surface area contributed by atoms with Crippen molar-refractivity contribution in [1.82, 2.24) is 5.06 Å². The Morgan fingerprint density at radius 2 is 2.29 bits per heavy atom. The second kappa shape index (κ2) is 4.10. The lowest BCUT2D eigenvalue weighted by molar-refractivity contribution is -0.0776. The number of fused-ring (bicyclic) bond motifs is 1. The van der Waals surface area contributed by atoms with E-state index in [0.717, 1.165) is 10.1 Å². The van der Waals surface area contributed by atoms with E-state index < -0.39 is 6.10 Å². The Balaban J connectivity index is 1.90. The Kier molecular flexibility index (Phi) is 2.58. The van der Waals surface area contributed by atoms with Crippen LogP contribution in [0.25, 0.3) is 10.1 Å². The first-order valence-corrected chi connectivity index (χ1v) is 6.17. The third-order valence-corrected chi connectivity index (χ3v) is 3.77. The van der Waals surface area contributed by atoms with Crippen molar-refractivity contribution in [2.24, 2.45) is 0 Å². The number of hydrogen-bond donors (Lipinski definition) is 1. The van der Waals surface area contributed by atoms with Gasteiger partial charge in [-0.15, -0.1) is 11.3 Å². The van der Waals surface area contributed by atoms with Gasteiger partial charge in [0.2, 0.25) is 0 Å². The number of carbonyl (C=O) groups excluding carboxylic acids is 1. The molecule has 0 unspecified atom stereocenters. The summed E-state index contributed by atoms with van der Waals surface area (Å²) < 4.78 is 1.08. The summed E-state index contributed by atoms with van der Waals surface area (Å²) in [6.45, 7) is 0.434. The highest BCUT2D eigenvalue weighted by atomic mass is 32.1. The number of benzene rings is 1. The highest BCUT2D eigenvalue weighted by Gasteiger charge is 2.27. The Morgan fingerprint density at radius 3 is 3.00 bits per heavy atom. The van der Waals surface area contributed by atoms with E-state index in [1.165, 1.54) is 16.4 Å². The third kappa shape index (κ3) is 1.93. The van der Waals surface area contributed by atoms with E-state index in [1.54, 1.807) is 0 Å².